The maximum atomic E-state index is 8.94. The van der Waals surface area contributed by atoms with Gasteiger partial charge in [-0.15, -0.1) is 0 Å². The number of rotatable bonds is 3. The largest absolute Gasteiger partial charge is 0.392 e. The molecule has 0 radical (unpaired) electrons. The quantitative estimate of drug-likeness (QED) is 0.743. The van der Waals surface area contributed by atoms with Crippen molar-refractivity contribution in [2.24, 2.45) is 11.7 Å². The van der Waals surface area contributed by atoms with Crippen molar-refractivity contribution in [2.75, 3.05) is 0 Å². The predicted molar refractivity (Wildman–Crippen MR) is 54.1 cm³/mol. The van der Waals surface area contributed by atoms with Gasteiger partial charge in [0.05, 0.1) is 6.61 Å². The first-order valence-electron chi connectivity index (χ1n) is 4.60. The second-order valence-corrected chi connectivity index (χ2v) is 3.67. The minimum Gasteiger partial charge on any atom is -0.392 e. The van der Waals surface area contributed by atoms with Gasteiger partial charge in [-0.3, -0.25) is 0 Å². The molecule has 1 rings (SSSR count). The fourth-order valence-corrected chi connectivity index (χ4v) is 1.28. The van der Waals surface area contributed by atoms with Crippen LogP contribution in [0.1, 0.15) is 31.0 Å². The Morgan fingerprint density at radius 1 is 1.38 bits per heavy atom. The van der Waals surface area contributed by atoms with Crippen LogP contribution < -0.4 is 5.73 Å². The van der Waals surface area contributed by atoms with Crippen LogP contribution in [0.5, 0.6) is 0 Å². The third kappa shape index (κ3) is 2.54. The second-order valence-electron chi connectivity index (χ2n) is 3.67. The van der Waals surface area contributed by atoms with Gasteiger partial charge in [0.15, 0.2) is 0 Å². The average Bonchev–Trinajstić information content (AvgIpc) is 2.16. The highest BCUT2D eigenvalue weighted by Crippen LogP contribution is 2.19. The highest BCUT2D eigenvalue weighted by atomic mass is 16.3. The molecule has 1 atom stereocenters. The van der Waals surface area contributed by atoms with Crippen molar-refractivity contribution in [2.45, 2.75) is 26.5 Å². The minimum atomic E-state index is 0.0616. The van der Waals surface area contributed by atoms with Crippen molar-refractivity contribution >= 4 is 0 Å². The second kappa shape index (κ2) is 4.40. The van der Waals surface area contributed by atoms with E-state index in [4.69, 9.17) is 10.8 Å². The van der Waals surface area contributed by atoms with Crippen LogP contribution >= 0.6 is 0 Å². The van der Waals surface area contributed by atoms with Crippen molar-refractivity contribution in [1.82, 2.24) is 0 Å². The Kier molecular flexibility index (Phi) is 3.46. The van der Waals surface area contributed by atoms with Gasteiger partial charge in [-0.1, -0.05) is 38.1 Å². The van der Waals surface area contributed by atoms with Crippen LogP contribution in [0, 0.1) is 5.92 Å². The maximum absolute atomic E-state index is 8.94. The van der Waals surface area contributed by atoms with Crippen LogP contribution in [0.2, 0.25) is 0 Å². The molecule has 13 heavy (non-hydrogen) atoms. The van der Waals surface area contributed by atoms with E-state index >= 15 is 0 Å². The molecule has 1 aromatic carbocycles. The zero-order chi connectivity index (χ0) is 9.84. The summed E-state index contributed by atoms with van der Waals surface area (Å²) in [5, 5.41) is 8.94. The Morgan fingerprint density at radius 2 is 2.08 bits per heavy atom. The molecule has 0 unspecified atom stereocenters. The highest BCUT2D eigenvalue weighted by molar-refractivity contribution is 5.25. The molecule has 0 aromatic heterocycles. The Labute approximate surface area is 79.4 Å². The molecule has 3 N–H and O–H groups in total. The number of nitrogens with two attached hydrogens (primary N) is 1. The molecule has 0 spiro atoms. The third-order valence-electron chi connectivity index (χ3n) is 2.24. The van der Waals surface area contributed by atoms with E-state index in [0.29, 0.717) is 5.92 Å². The van der Waals surface area contributed by atoms with Crippen molar-refractivity contribution in [3.8, 4) is 0 Å². The van der Waals surface area contributed by atoms with Crippen molar-refractivity contribution in [1.29, 1.82) is 0 Å². The molecule has 0 aliphatic rings. The molecule has 0 amide bonds. The Morgan fingerprint density at radius 3 is 2.62 bits per heavy atom. The van der Waals surface area contributed by atoms with E-state index in [9.17, 15) is 0 Å². The average molecular weight is 179 g/mol. The summed E-state index contributed by atoms with van der Waals surface area (Å²) in [6, 6.07) is 7.86. The summed E-state index contributed by atoms with van der Waals surface area (Å²) in [7, 11) is 0. The number of benzene rings is 1. The van der Waals surface area contributed by atoms with Gasteiger partial charge in [-0.05, 0) is 17.0 Å². The van der Waals surface area contributed by atoms with Gasteiger partial charge in [0.25, 0.3) is 0 Å². The molecular weight excluding hydrogens is 162 g/mol. The van der Waals surface area contributed by atoms with Crippen molar-refractivity contribution in [3.05, 3.63) is 35.4 Å². The normalized spacial score (nSPS) is 13.3. The minimum absolute atomic E-state index is 0.0616. The third-order valence-corrected chi connectivity index (χ3v) is 2.24. The molecular formula is C11H17NO. The highest BCUT2D eigenvalue weighted by Gasteiger charge is 2.09. The maximum Gasteiger partial charge on any atom is 0.0681 e. The summed E-state index contributed by atoms with van der Waals surface area (Å²) in [6.45, 7) is 4.27. The summed E-state index contributed by atoms with van der Waals surface area (Å²) in [5.41, 5.74) is 8.00. The van der Waals surface area contributed by atoms with Crippen LogP contribution in [0.4, 0.5) is 0 Å². The van der Waals surface area contributed by atoms with Gasteiger partial charge >= 0.3 is 0 Å². The van der Waals surface area contributed by atoms with Gasteiger partial charge in [-0.25, -0.2) is 0 Å². The molecule has 72 valence electrons. The molecule has 0 aliphatic carbocycles. The Balaban J connectivity index is 2.88. The molecule has 0 saturated heterocycles. The Hall–Kier alpha value is -0.860. The van der Waals surface area contributed by atoms with Gasteiger partial charge in [0.2, 0.25) is 0 Å². The predicted octanol–water partition coefficient (Wildman–Crippen LogP) is 1.83. The van der Waals surface area contributed by atoms with E-state index in [0.717, 1.165) is 11.1 Å². The monoisotopic (exact) mass is 179 g/mol. The summed E-state index contributed by atoms with van der Waals surface area (Å²) in [4.78, 5) is 0. The van der Waals surface area contributed by atoms with Crippen molar-refractivity contribution in [3.63, 3.8) is 0 Å². The molecule has 2 heteroatoms. The van der Waals surface area contributed by atoms with E-state index in [2.05, 4.69) is 13.8 Å². The van der Waals surface area contributed by atoms with Gasteiger partial charge in [0, 0.05) is 6.04 Å². The first-order valence-corrected chi connectivity index (χ1v) is 4.60. The number of hydrogen-bond donors (Lipinski definition) is 2. The van der Waals surface area contributed by atoms with Crippen LogP contribution in [0.3, 0.4) is 0 Å². The number of hydrogen-bond acceptors (Lipinski definition) is 2. The lowest BCUT2D eigenvalue weighted by Gasteiger charge is -2.16. The van der Waals surface area contributed by atoms with Gasteiger partial charge < -0.3 is 10.8 Å². The fraction of sp³-hybridized carbons (Fsp3) is 0.455. The number of aliphatic hydroxyl groups is 1. The molecule has 0 saturated carbocycles. The first kappa shape index (κ1) is 10.2. The molecule has 1 aromatic rings. The lowest BCUT2D eigenvalue weighted by Crippen LogP contribution is -2.16. The summed E-state index contributed by atoms with van der Waals surface area (Å²) < 4.78 is 0. The molecule has 0 bridgehead atoms. The summed E-state index contributed by atoms with van der Waals surface area (Å²) in [5.74, 6) is 0.425. The van der Waals surface area contributed by atoms with Gasteiger partial charge in [0.1, 0.15) is 0 Å². The van der Waals surface area contributed by atoms with Crippen LogP contribution in [0.15, 0.2) is 24.3 Å². The van der Waals surface area contributed by atoms with Crippen LogP contribution in [0.25, 0.3) is 0 Å². The van der Waals surface area contributed by atoms with Crippen LogP contribution in [-0.4, -0.2) is 5.11 Å². The van der Waals surface area contributed by atoms with E-state index < -0.39 is 0 Å². The molecule has 0 fully saturated rings. The summed E-state index contributed by atoms with van der Waals surface area (Å²) in [6.07, 6.45) is 0. The lowest BCUT2D eigenvalue weighted by molar-refractivity contribution is 0.281. The van der Waals surface area contributed by atoms with E-state index in [1.807, 2.05) is 24.3 Å². The topological polar surface area (TPSA) is 46.2 Å². The SMILES string of the molecule is CC(C)[C@@H](N)c1cccc(CO)c1. The Bertz CT molecular complexity index is 271. The van der Waals surface area contributed by atoms with Crippen LogP contribution in [-0.2, 0) is 6.61 Å². The molecule has 0 heterocycles. The van der Waals surface area contributed by atoms with Gasteiger partial charge in [-0.2, -0.15) is 0 Å². The fourth-order valence-electron chi connectivity index (χ4n) is 1.28. The first-order chi connectivity index (χ1) is 6.15. The molecule has 2 nitrogen and oxygen atoms in total. The molecule has 0 aliphatic heterocycles. The zero-order valence-electron chi connectivity index (χ0n) is 8.20. The standard InChI is InChI=1S/C11H17NO/c1-8(2)11(12)10-5-3-4-9(6-10)7-13/h3-6,8,11,13H,7,12H2,1-2H3/t11-/m1/s1. The smallest absolute Gasteiger partial charge is 0.0681 e. The number of aliphatic hydroxyl groups excluding tert-OH is 1. The van der Waals surface area contributed by atoms with E-state index in [-0.39, 0.29) is 12.6 Å². The lowest BCUT2D eigenvalue weighted by atomic mass is 9.96. The van der Waals surface area contributed by atoms with Crippen molar-refractivity contribution < 1.29 is 5.11 Å². The zero-order valence-corrected chi connectivity index (χ0v) is 8.20. The van der Waals surface area contributed by atoms with E-state index in [1.54, 1.807) is 0 Å². The summed E-state index contributed by atoms with van der Waals surface area (Å²) >= 11 is 0. The van der Waals surface area contributed by atoms with E-state index in [1.165, 1.54) is 0 Å².